The number of furan rings is 4. The number of benzene rings is 6. The van der Waals surface area contributed by atoms with E-state index in [0.717, 1.165) is 162 Å². The van der Waals surface area contributed by atoms with Crippen LogP contribution in [-0.4, -0.2) is 30.3 Å². The molecule has 10 heteroatoms. The van der Waals surface area contributed by atoms with Gasteiger partial charge in [0.05, 0.1) is 22.2 Å². The Morgan fingerprint density at radius 3 is 1.29 bits per heavy atom. The Bertz CT molecular complexity index is 4620. The predicted molar refractivity (Wildman–Crippen MR) is 262 cm³/mol. The van der Waals surface area contributed by atoms with Crippen molar-refractivity contribution in [2.24, 2.45) is 4.99 Å². The maximum atomic E-state index is 6.55. The zero-order valence-electron chi connectivity index (χ0n) is 34.7. The lowest BCUT2D eigenvalue weighted by Gasteiger charge is -2.12. The van der Waals surface area contributed by atoms with E-state index >= 15 is 0 Å². The summed E-state index contributed by atoms with van der Waals surface area (Å²) in [4.78, 5) is 18.8. The third kappa shape index (κ3) is 4.58. The molecule has 0 unspecified atom stereocenters. The number of fused-ring (bicyclic) bond motifs is 18. The first-order chi connectivity index (χ1) is 32.7. The number of aliphatic imine (C=N–C) groups is 1. The number of hydrogen-bond acceptors (Lipinski definition) is 8. The van der Waals surface area contributed by atoms with Crippen molar-refractivity contribution < 1.29 is 17.7 Å². The normalized spacial score (nSPS) is 13.3. The Balaban J connectivity index is 0.792. The Morgan fingerprint density at radius 1 is 0.379 bits per heavy atom. The smallest absolute Gasteiger partial charge is 0.136 e. The lowest BCUT2D eigenvalue weighted by molar-refractivity contribution is 0.664. The highest BCUT2D eigenvalue weighted by Gasteiger charge is 2.23. The maximum Gasteiger partial charge on any atom is 0.136 e. The molecule has 0 fully saturated rings. The Hall–Kier alpha value is -9.02. The molecule has 0 N–H and O–H groups in total. The van der Waals surface area contributed by atoms with E-state index in [9.17, 15) is 0 Å². The Morgan fingerprint density at radius 2 is 0.788 bits per heavy atom. The molecule has 9 aromatic heterocycles. The molecular weight excluding hydrogens is 821 g/mol. The van der Waals surface area contributed by atoms with Gasteiger partial charge in [-0.05, 0) is 145 Å². The highest BCUT2D eigenvalue weighted by molar-refractivity contribution is 6.18. The van der Waals surface area contributed by atoms with E-state index in [-0.39, 0.29) is 0 Å². The maximum absolute atomic E-state index is 6.55. The third-order valence-electron chi connectivity index (χ3n) is 13.7. The van der Waals surface area contributed by atoms with Crippen LogP contribution in [0, 0.1) is 0 Å². The molecule has 1 aliphatic rings. The van der Waals surface area contributed by atoms with Crippen molar-refractivity contribution in [1.29, 1.82) is 0 Å². The molecule has 0 saturated heterocycles. The monoisotopic (exact) mass is 850 g/mol. The predicted octanol–water partition coefficient (Wildman–Crippen LogP) is 14.8. The van der Waals surface area contributed by atoms with E-state index in [1.165, 1.54) is 5.69 Å². The summed E-state index contributed by atoms with van der Waals surface area (Å²) in [5.41, 5.74) is 18.6. The number of hydrogen-bond donors (Lipinski definition) is 0. The number of pyridine rings is 3. The molecule has 0 spiro atoms. The van der Waals surface area contributed by atoms with Gasteiger partial charge in [0, 0.05) is 79.3 Å². The first-order valence-corrected chi connectivity index (χ1v) is 22.0. The molecule has 1 aliphatic heterocycles. The minimum atomic E-state index is 0.803. The first-order valence-electron chi connectivity index (χ1n) is 22.0. The van der Waals surface area contributed by atoms with E-state index in [1.54, 1.807) is 0 Å². The van der Waals surface area contributed by atoms with Crippen LogP contribution < -0.4 is 0 Å². The second kappa shape index (κ2) is 12.4. The molecule has 10 nitrogen and oxygen atoms in total. The lowest BCUT2D eigenvalue weighted by atomic mass is 10.00. The zero-order valence-corrected chi connectivity index (χ0v) is 34.7. The van der Waals surface area contributed by atoms with Gasteiger partial charge in [0.2, 0.25) is 0 Å². The van der Waals surface area contributed by atoms with Gasteiger partial charge in [-0.25, -0.2) is 0 Å². The quantitative estimate of drug-likeness (QED) is 0.174. The van der Waals surface area contributed by atoms with Crippen LogP contribution in [-0.2, 0) is 6.42 Å². The summed E-state index contributed by atoms with van der Waals surface area (Å²) in [6.07, 6.45) is 9.27. The molecular formula is C56H30N6O4. The molecule has 308 valence electrons. The molecule has 6 aromatic carbocycles. The van der Waals surface area contributed by atoms with Crippen molar-refractivity contribution in [3.8, 4) is 22.5 Å². The fourth-order valence-electron chi connectivity index (χ4n) is 10.8. The molecule has 16 rings (SSSR count). The van der Waals surface area contributed by atoms with E-state index in [2.05, 4.69) is 128 Å². The molecule has 0 saturated carbocycles. The fourth-order valence-corrected chi connectivity index (χ4v) is 10.8. The molecule has 0 amide bonds. The topological polar surface area (TPSA) is 113 Å². The van der Waals surface area contributed by atoms with Crippen LogP contribution in [0.5, 0.6) is 0 Å². The van der Waals surface area contributed by atoms with Gasteiger partial charge in [-0.1, -0.05) is 12.1 Å². The average molecular weight is 851 g/mol. The minimum Gasteiger partial charge on any atom is -0.456 e. The summed E-state index contributed by atoms with van der Waals surface area (Å²) in [6.45, 7) is 0. The zero-order chi connectivity index (χ0) is 42.8. The fraction of sp³-hybridized carbons (Fsp3) is 0.0357. The van der Waals surface area contributed by atoms with Gasteiger partial charge < -0.3 is 26.8 Å². The van der Waals surface area contributed by atoms with Crippen LogP contribution in [0.1, 0.15) is 12.1 Å². The van der Waals surface area contributed by atoms with Gasteiger partial charge in [-0.3, -0.25) is 19.9 Å². The summed E-state index contributed by atoms with van der Waals surface area (Å²) in [5, 5.41) is 8.10. The highest BCUT2D eigenvalue weighted by Crippen LogP contribution is 2.43. The van der Waals surface area contributed by atoms with Crippen molar-refractivity contribution in [3.05, 3.63) is 158 Å². The van der Waals surface area contributed by atoms with Crippen molar-refractivity contribution in [3.63, 3.8) is 0 Å². The molecule has 0 aliphatic carbocycles. The van der Waals surface area contributed by atoms with Gasteiger partial charge in [-0.2, -0.15) is 0 Å². The molecule has 0 atom stereocenters. The standard InChI is InChI=1S/C56H30N6O4/c1-5-41-53(57-17-1)54-42(6-2-18-58-54)61(41)31-11-15-47-35(23-31)39-27-49-37(25-51(39)65-47)33-21-29(9-13-45(33)63-49)30-10-14-46-34(22-30)38-26-52-40(28-50(38)64-46)36-24-32(12-16-48(36)66-52)62-43-7-3-19-59-55(43)56-44(62)8-4-20-60-56/h1-3,5-7,9-28H,4,8H2. The summed E-state index contributed by atoms with van der Waals surface area (Å²) < 4.78 is 30.7. The van der Waals surface area contributed by atoms with Gasteiger partial charge in [0.25, 0.3) is 0 Å². The Labute approximate surface area is 371 Å². The second-order valence-corrected chi connectivity index (χ2v) is 17.3. The number of rotatable bonds is 3. The van der Waals surface area contributed by atoms with Crippen LogP contribution in [0.25, 0.3) is 143 Å². The van der Waals surface area contributed by atoms with E-state index in [4.69, 9.17) is 27.6 Å². The number of aromatic nitrogens is 5. The summed E-state index contributed by atoms with van der Waals surface area (Å²) in [7, 11) is 0. The van der Waals surface area contributed by atoms with E-state index < -0.39 is 0 Å². The molecule has 66 heavy (non-hydrogen) atoms. The summed E-state index contributed by atoms with van der Waals surface area (Å²) in [6, 6.07) is 46.2. The molecule has 0 bridgehead atoms. The number of nitrogens with zero attached hydrogens (tertiary/aromatic N) is 6. The van der Waals surface area contributed by atoms with Crippen molar-refractivity contribution >= 4 is 133 Å². The van der Waals surface area contributed by atoms with Crippen molar-refractivity contribution in [2.45, 2.75) is 12.8 Å². The molecule has 0 radical (unpaired) electrons. The van der Waals surface area contributed by atoms with Crippen LogP contribution in [0.3, 0.4) is 0 Å². The molecule has 10 heterocycles. The van der Waals surface area contributed by atoms with Gasteiger partial charge in [-0.15, -0.1) is 0 Å². The second-order valence-electron chi connectivity index (χ2n) is 17.3. The van der Waals surface area contributed by atoms with Gasteiger partial charge in [0.15, 0.2) is 0 Å². The Kier molecular flexibility index (Phi) is 6.46. The SMILES string of the molecule is C1=Nc2c(n(-c3ccc4oc5cc6c(cc5c4c3)oc3ccc(-c4ccc5oc7cc8c(cc7c5c4)oc4ccc(-n5c7cccnc7c7ncccc75)cc48)cc36)c3cccnc23)CC1. The van der Waals surface area contributed by atoms with Crippen molar-refractivity contribution in [2.75, 3.05) is 0 Å². The van der Waals surface area contributed by atoms with Gasteiger partial charge >= 0.3 is 0 Å². The van der Waals surface area contributed by atoms with Crippen LogP contribution in [0.4, 0.5) is 5.69 Å². The van der Waals surface area contributed by atoms with Crippen LogP contribution in [0.2, 0.25) is 0 Å². The van der Waals surface area contributed by atoms with Crippen molar-refractivity contribution in [1.82, 2.24) is 24.1 Å². The van der Waals surface area contributed by atoms with Gasteiger partial charge in [0.1, 0.15) is 66.9 Å². The first kappa shape index (κ1) is 34.5. The summed E-state index contributed by atoms with van der Waals surface area (Å²) >= 11 is 0. The van der Waals surface area contributed by atoms with Crippen LogP contribution >= 0.6 is 0 Å². The largest absolute Gasteiger partial charge is 0.456 e. The minimum absolute atomic E-state index is 0.803. The van der Waals surface area contributed by atoms with E-state index in [1.807, 2.05) is 49.1 Å². The average Bonchev–Trinajstić information content (AvgIpc) is 4.21. The third-order valence-corrected chi connectivity index (χ3v) is 13.7. The highest BCUT2D eigenvalue weighted by atomic mass is 16.3. The van der Waals surface area contributed by atoms with Crippen LogP contribution in [0.15, 0.2) is 175 Å². The van der Waals surface area contributed by atoms with E-state index in [0.29, 0.717) is 0 Å². The molecule has 15 aromatic rings. The summed E-state index contributed by atoms with van der Waals surface area (Å²) in [5.74, 6) is 0. The lowest BCUT2D eigenvalue weighted by Crippen LogP contribution is -2.02.